The number of benzene rings is 2. The number of hydrogen-bond acceptors (Lipinski definition) is 5. The van der Waals surface area contributed by atoms with E-state index in [-0.39, 0.29) is 24.2 Å². The third-order valence-corrected chi connectivity index (χ3v) is 6.26. The molecular weight excluding hydrogens is 422 g/mol. The van der Waals surface area contributed by atoms with Gasteiger partial charge in [0.2, 0.25) is 5.91 Å². The average molecular weight is 445 g/mol. The van der Waals surface area contributed by atoms with Gasteiger partial charge in [0.25, 0.3) is 0 Å². The second kappa shape index (κ2) is 9.03. The molecule has 1 aliphatic heterocycles. The highest BCUT2D eigenvalue weighted by molar-refractivity contribution is 7.10. The molecule has 0 aliphatic carbocycles. The minimum Gasteiger partial charge on any atom is -0.493 e. The Morgan fingerprint density at radius 2 is 1.90 bits per heavy atom. The number of thiophene rings is 1. The number of anilines is 1. The van der Waals surface area contributed by atoms with Gasteiger partial charge in [0, 0.05) is 23.2 Å². The summed E-state index contributed by atoms with van der Waals surface area (Å²) in [6.45, 7) is 0.769. The molecule has 1 atom stereocenters. The fraction of sp³-hybridized carbons (Fsp3) is 0.261. The minimum absolute atomic E-state index is 0.106. The molecule has 0 spiro atoms. The number of methoxy groups -OCH3 is 2. The van der Waals surface area contributed by atoms with E-state index >= 15 is 0 Å². The summed E-state index contributed by atoms with van der Waals surface area (Å²) in [6.07, 6.45) is 0.746. The topological polar surface area (TPSA) is 50.8 Å². The monoisotopic (exact) mass is 444 g/mol. The average Bonchev–Trinajstić information content (AvgIpc) is 3.29. The van der Waals surface area contributed by atoms with Crippen molar-refractivity contribution in [1.29, 1.82) is 0 Å². The number of rotatable bonds is 6. The van der Waals surface area contributed by atoms with Gasteiger partial charge in [-0.25, -0.2) is 8.78 Å². The predicted octanol–water partition coefficient (Wildman–Crippen LogP) is 4.63. The largest absolute Gasteiger partial charge is 0.493 e. The molecule has 1 N–H and O–H groups in total. The maximum absolute atomic E-state index is 13.5. The first-order chi connectivity index (χ1) is 15.0. The SMILES string of the molecule is COc1cc2c(cc1OC)[C@@H](c1cccs1)N(CC(=O)Nc1ccc(F)c(F)c1)CC2. The summed E-state index contributed by atoms with van der Waals surface area (Å²) in [4.78, 5) is 15.9. The number of fused-ring (bicyclic) bond motifs is 1. The van der Waals surface area contributed by atoms with E-state index in [1.165, 1.54) is 6.07 Å². The molecule has 0 unspecified atom stereocenters. The third-order valence-electron chi connectivity index (χ3n) is 5.34. The first kappa shape index (κ1) is 21.3. The van der Waals surface area contributed by atoms with Gasteiger partial charge in [-0.2, -0.15) is 0 Å². The number of nitrogens with zero attached hydrogens (tertiary/aromatic N) is 1. The van der Waals surface area contributed by atoms with Gasteiger partial charge in [-0.15, -0.1) is 11.3 Å². The summed E-state index contributed by atoms with van der Waals surface area (Å²) >= 11 is 1.62. The number of hydrogen-bond donors (Lipinski definition) is 1. The summed E-state index contributed by atoms with van der Waals surface area (Å²) in [5.41, 5.74) is 2.43. The maximum atomic E-state index is 13.5. The van der Waals surface area contributed by atoms with E-state index in [0.717, 1.165) is 34.6 Å². The molecule has 1 amide bonds. The van der Waals surface area contributed by atoms with Crippen LogP contribution in [0.1, 0.15) is 22.0 Å². The van der Waals surface area contributed by atoms with Crippen LogP contribution in [0.5, 0.6) is 11.5 Å². The minimum atomic E-state index is -0.998. The number of amides is 1. The molecule has 3 aromatic rings. The molecule has 0 saturated heterocycles. The molecule has 31 heavy (non-hydrogen) atoms. The summed E-state index contributed by atoms with van der Waals surface area (Å²) in [6, 6.07) is 11.2. The zero-order chi connectivity index (χ0) is 22.0. The van der Waals surface area contributed by atoms with Crippen LogP contribution < -0.4 is 14.8 Å². The van der Waals surface area contributed by atoms with Crippen molar-refractivity contribution >= 4 is 22.9 Å². The molecule has 0 bridgehead atoms. The summed E-state index contributed by atoms with van der Waals surface area (Å²) in [5, 5.41) is 4.66. The van der Waals surface area contributed by atoms with Crippen molar-refractivity contribution in [3.63, 3.8) is 0 Å². The van der Waals surface area contributed by atoms with Crippen LogP contribution in [0.25, 0.3) is 0 Å². The fourth-order valence-corrected chi connectivity index (χ4v) is 4.78. The number of ether oxygens (including phenoxy) is 2. The second-order valence-corrected chi connectivity index (χ2v) is 8.20. The summed E-state index contributed by atoms with van der Waals surface area (Å²) < 4.78 is 37.6. The zero-order valence-electron chi connectivity index (χ0n) is 17.2. The van der Waals surface area contributed by atoms with Crippen LogP contribution in [-0.4, -0.2) is 38.1 Å². The molecule has 0 radical (unpaired) electrons. The lowest BCUT2D eigenvalue weighted by Crippen LogP contribution is -2.40. The van der Waals surface area contributed by atoms with Crippen LogP contribution in [0.4, 0.5) is 14.5 Å². The van der Waals surface area contributed by atoms with Crippen LogP contribution in [0, 0.1) is 11.6 Å². The Bertz CT molecular complexity index is 1090. The van der Waals surface area contributed by atoms with Crippen molar-refractivity contribution in [2.75, 3.05) is 32.6 Å². The molecule has 2 aromatic carbocycles. The van der Waals surface area contributed by atoms with E-state index in [4.69, 9.17) is 9.47 Å². The first-order valence-corrected chi connectivity index (χ1v) is 10.6. The van der Waals surface area contributed by atoms with E-state index in [9.17, 15) is 13.6 Å². The Hall–Kier alpha value is -2.97. The molecule has 4 rings (SSSR count). The molecule has 0 fully saturated rings. The molecule has 1 aromatic heterocycles. The highest BCUT2D eigenvalue weighted by Gasteiger charge is 2.32. The number of nitrogens with one attached hydrogen (secondary N) is 1. The number of halogens is 2. The molecule has 8 heteroatoms. The second-order valence-electron chi connectivity index (χ2n) is 7.22. The predicted molar refractivity (Wildman–Crippen MR) is 116 cm³/mol. The first-order valence-electron chi connectivity index (χ1n) is 9.77. The molecular formula is C23H22F2N2O3S. The molecule has 2 heterocycles. The van der Waals surface area contributed by atoms with E-state index < -0.39 is 11.6 Å². The van der Waals surface area contributed by atoms with Gasteiger partial charge in [0.1, 0.15) is 0 Å². The van der Waals surface area contributed by atoms with Crippen molar-refractivity contribution < 1.29 is 23.0 Å². The lowest BCUT2D eigenvalue weighted by Gasteiger charge is -2.37. The van der Waals surface area contributed by atoms with Crippen LogP contribution >= 0.6 is 11.3 Å². The molecule has 5 nitrogen and oxygen atoms in total. The zero-order valence-corrected chi connectivity index (χ0v) is 18.0. The van der Waals surface area contributed by atoms with Gasteiger partial charge >= 0.3 is 0 Å². The Balaban J connectivity index is 1.62. The van der Waals surface area contributed by atoms with Crippen LogP contribution in [0.15, 0.2) is 47.8 Å². The Morgan fingerprint density at radius 3 is 2.58 bits per heavy atom. The van der Waals surface area contributed by atoms with E-state index in [2.05, 4.69) is 10.2 Å². The normalized spacial score (nSPS) is 15.9. The number of carbonyl (C=O) groups is 1. The van der Waals surface area contributed by atoms with E-state index in [0.29, 0.717) is 18.0 Å². The highest BCUT2D eigenvalue weighted by atomic mass is 32.1. The van der Waals surface area contributed by atoms with E-state index in [1.54, 1.807) is 25.6 Å². The Labute approximate surface area is 183 Å². The van der Waals surface area contributed by atoms with Crippen molar-refractivity contribution in [3.05, 3.63) is 75.5 Å². The smallest absolute Gasteiger partial charge is 0.238 e. The standard InChI is InChI=1S/C23H22F2N2O3S/c1-29-19-10-14-7-8-27(13-22(28)26-15-5-6-17(24)18(25)11-15)23(21-4-3-9-31-21)16(14)12-20(19)30-2/h3-6,9-12,23H,7-8,13H2,1-2H3,(H,26,28)/t23-/m0/s1. The highest BCUT2D eigenvalue weighted by Crippen LogP contribution is 2.42. The van der Waals surface area contributed by atoms with Crippen LogP contribution in [0.2, 0.25) is 0 Å². The van der Waals surface area contributed by atoms with Gasteiger partial charge in [0.15, 0.2) is 23.1 Å². The van der Waals surface area contributed by atoms with Gasteiger partial charge in [0.05, 0.1) is 26.8 Å². The molecule has 162 valence electrons. The quantitative estimate of drug-likeness (QED) is 0.602. The van der Waals surface area contributed by atoms with Gasteiger partial charge in [-0.05, 0) is 53.3 Å². The van der Waals surface area contributed by atoms with Crippen molar-refractivity contribution in [1.82, 2.24) is 4.90 Å². The third kappa shape index (κ3) is 4.40. The van der Waals surface area contributed by atoms with Crippen LogP contribution in [-0.2, 0) is 11.2 Å². The van der Waals surface area contributed by atoms with Gasteiger partial charge < -0.3 is 14.8 Å². The Kier molecular flexibility index (Phi) is 6.20. The fourth-order valence-electron chi connectivity index (χ4n) is 3.91. The van der Waals surface area contributed by atoms with E-state index in [1.807, 2.05) is 29.6 Å². The van der Waals surface area contributed by atoms with Gasteiger partial charge in [-0.3, -0.25) is 9.69 Å². The van der Waals surface area contributed by atoms with Crippen LogP contribution in [0.3, 0.4) is 0 Å². The summed E-state index contributed by atoms with van der Waals surface area (Å²) in [7, 11) is 3.21. The number of carbonyl (C=O) groups excluding carboxylic acids is 1. The lowest BCUT2D eigenvalue weighted by atomic mass is 9.91. The van der Waals surface area contributed by atoms with Gasteiger partial charge in [-0.1, -0.05) is 6.07 Å². The maximum Gasteiger partial charge on any atom is 0.238 e. The summed E-state index contributed by atoms with van der Waals surface area (Å²) in [5.74, 6) is -0.932. The van der Waals surface area contributed by atoms with Crippen molar-refractivity contribution in [2.45, 2.75) is 12.5 Å². The Morgan fingerprint density at radius 1 is 1.13 bits per heavy atom. The molecule has 1 aliphatic rings. The van der Waals surface area contributed by atoms with Crippen molar-refractivity contribution in [2.24, 2.45) is 0 Å². The molecule has 0 saturated carbocycles. The lowest BCUT2D eigenvalue weighted by molar-refractivity contribution is -0.117. The van der Waals surface area contributed by atoms with Crippen molar-refractivity contribution in [3.8, 4) is 11.5 Å².